The summed E-state index contributed by atoms with van der Waals surface area (Å²) < 4.78 is 4.33. The lowest BCUT2D eigenvalue weighted by molar-refractivity contribution is 0.722. The van der Waals surface area contributed by atoms with Crippen molar-refractivity contribution in [3.63, 3.8) is 0 Å². The van der Waals surface area contributed by atoms with E-state index in [4.69, 9.17) is 0 Å². The molecule has 0 bridgehead atoms. The zero-order valence-corrected chi connectivity index (χ0v) is 10.6. The first-order valence-electron chi connectivity index (χ1n) is 5.93. The summed E-state index contributed by atoms with van der Waals surface area (Å²) in [6, 6.07) is 0. The van der Waals surface area contributed by atoms with E-state index in [9.17, 15) is 0 Å². The number of H-pyrrole nitrogens is 1. The van der Waals surface area contributed by atoms with Crippen molar-refractivity contribution < 1.29 is 0 Å². The Morgan fingerprint density at radius 3 is 3.24 bits per heavy atom. The third-order valence-electron chi connectivity index (χ3n) is 3.14. The predicted octanol–water partition coefficient (Wildman–Crippen LogP) is 1.82. The molecule has 0 aromatic carbocycles. The number of aromatic amines is 1. The lowest BCUT2D eigenvalue weighted by Crippen LogP contribution is -2.19. The van der Waals surface area contributed by atoms with Gasteiger partial charge in [-0.1, -0.05) is 6.92 Å². The number of rotatable bonds is 3. The molecule has 1 aliphatic rings. The van der Waals surface area contributed by atoms with Gasteiger partial charge in [0.05, 0.1) is 0 Å². The first-order chi connectivity index (χ1) is 8.36. The number of hydrogen-bond acceptors (Lipinski definition) is 5. The van der Waals surface area contributed by atoms with Crippen LogP contribution in [0.25, 0.3) is 0 Å². The minimum Gasteiger partial charge on any atom is -0.348 e. The zero-order valence-electron chi connectivity index (χ0n) is 9.76. The fourth-order valence-electron chi connectivity index (χ4n) is 2.17. The highest BCUT2D eigenvalue weighted by Crippen LogP contribution is 2.29. The molecule has 1 unspecified atom stereocenters. The van der Waals surface area contributed by atoms with Crippen LogP contribution in [0.15, 0.2) is 12.4 Å². The molecule has 2 aromatic rings. The maximum atomic E-state index is 4.53. The molecule has 3 rings (SSSR count). The van der Waals surface area contributed by atoms with Crippen molar-refractivity contribution in [2.24, 2.45) is 0 Å². The van der Waals surface area contributed by atoms with Crippen LogP contribution in [0.4, 0.5) is 5.13 Å². The fourth-order valence-corrected chi connectivity index (χ4v) is 2.96. The van der Waals surface area contributed by atoms with Crippen LogP contribution in [0.1, 0.15) is 30.9 Å². The monoisotopic (exact) mass is 249 g/mol. The number of hydrogen-bond donors (Lipinski definition) is 1. The first kappa shape index (κ1) is 10.7. The lowest BCUT2D eigenvalue weighted by atomic mass is 10.1. The Morgan fingerprint density at radius 1 is 1.59 bits per heavy atom. The minimum absolute atomic E-state index is 0.499. The lowest BCUT2D eigenvalue weighted by Gasteiger charge is -2.13. The third kappa shape index (κ3) is 2.04. The van der Waals surface area contributed by atoms with Gasteiger partial charge < -0.3 is 9.88 Å². The zero-order chi connectivity index (χ0) is 11.7. The summed E-state index contributed by atoms with van der Waals surface area (Å²) >= 11 is 1.50. The molecule has 0 amide bonds. The van der Waals surface area contributed by atoms with Gasteiger partial charge in [-0.05, 0) is 6.42 Å². The molecule has 1 aliphatic heterocycles. The molecule has 6 heteroatoms. The van der Waals surface area contributed by atoms with E-state index in [2.05, 4.69) is 31.1 Å². The molecule has 1 fully saturated rings. The summed E-state index contributed by atoms with van der Waals surface area (Å²) in [4.78, 5) is 14.4. The van der Waals surface area contributed by atoms with Gasteiger partial charge in [0.25, 0.3) is 0 Å². The molecule has 17 heavy (non-hydrogen) atoms. The largest absolute Gasteiger partial charge is 0.348 e. The fraction of sp³-hybridized carbons (Fsp3) is 0.545. The first-order valence-corrected chi connectivity index (χ1v) is 6.71. The summed E-state index contributed by atoms with van der Waals surface area (Å²) in [7, 11) is 0. The van der Waals surface area contributed by atoms with Crippen molar-refractivity contribution in [2.75, 3.05) is 18.0 Å². The van der Waals surface area contributed by atoms with Gasteiger partial charge in [0, 0.05) is 49.4 Å². The van der Waals surface area contributed by atoms with Gasteiger partial charge in [-0.3, -0.25) is 0 Å². The van der Waals surface area contributed by atoms with E-state index in [-0.39, 0.29) is 0 Å². The topological polar surface area (TPSA) is 57.7 Å². The van der Waals surface area contributed by atoms with E-state index in [1.165, 1.54) is 11.5 Å². The van der Waals surface area contributed by atoms with Gasteiger partial charge >= 0.3 is 0 Å². The SMILES string of the molecule is CCc1nsc(N2CCC(c3ncc[nH]3)C2)n1. The normalized spacial score (nSPS) is 20.1. The molecule has 5 nitrogen and oxygen atoms in total. The number of anilines is 1. The summed E-state index contributed by atoms with van der Waals surface area (Å²) in [6.07, 6.45) is 5.75. The highest BCUT2D eigenvalue weighted by molar-refractivity contribution is 7.09. The summed E-state index contributed by atoms with van der Waals surface area (Å²) in [5.74, 6) is 2.54. The van der Waals surface area contributed by atoms with Crippen LogP contribution >= 0.6 is 11.5 Å². The van der Waals surface area contributed by atoms with Crippen LogP contribution in [0, 0.1) is 0 Å². The number of aromatic nitrogens is 4. The Kier molecular flexibility index (Phi) is 2.80. The Morgan fingerprint density at radius 2 is 2.53 bits per heavy atom. The van der Waals surface area contributed by atoms with Crippen molar-refractivity contribution in [2.45, 2.75) is 25.7 Å². The molecule has 0 spiro atoms. The Hall–Kier alpha value is -1.43. The maximum absolute atomic E-state index is 4.53. The standard InChI is InChI=1S/C11H15N5S/c1-2-9-14-11(17-15-9)16-6-3-8(7-16)10-12-4-5-13-10/h4-5,8H,2-3,6-7H2,1H3,(H,12,13). The van der Waals surface area contributed by atoms with E-state index in [0.29, 0.717) is 5.92 Å². The number of nitrogens with one attached hydrogen (secondary N) is 1. The van der Waals surface area contributed by atoms with Crippen LogP contribution < -0.4 is 4.90 Å². The Labute approximate surface area is 104 Å². The molecule has 2 aromatic heterocycles. The average Bonchev–Trinajstić information content (AvgIpc) is 3.09. The maximum Gasteiger partial charge on any atom is 0.205 e. The van der Waals surface area contributed by atoms with E-state index >= 15 is 0 Å². The van der Waals surface area contributed by atoms with Gasteiger partial charge in [-0.2, -0.15) is 4.37 Å². The smallest absolute Gasteiger partial charge is 0.205 e. The van der Waals surface area contributed by atoms with Gasteiger partial charge in [-0.25, -0.2) is 9.97 Å². The van der Waals surface area contributed by atoms with Gasteiger partial charge in [0.15, 0.2) is 0 Å². The minimum atomic E-state index is 0.499. The summed E-state index contributed by atoms with van der Waals surface area (Å²) in [6.45, 7) is 4.12. The second kappa shape index (κ2) is 4.44. The van der Waals surface area contributed by atoms with Crippen LogP contribution in [0.5, 0.6) is 0 Å². The Bertz CT molecular complexity index is 478. The van der Waals surface area contributed by atoms with Crippen molar-refractivity contribution in [3.05, 3.63) is 24.0 Å². The quantitative estimate of drug-likeness (QED) is 0.901. The number of aryl methyl sites for hydroxylation is 1. The van der Waals surface area contributed by atoms with Crippen LogP contribution in [-0.4, -0.2) is 32.4 Å². The van der Waals surface area contributed by atoms with Gasteiger partial charge in [0.2, 0.25) is 5.13 Å². The summed E-state index contributed by atoms with van der Waals surface area (Å²) in [5.41, 5.74) is 0. The third-order valence-corrected chi connectivity index (χ3v) is 3.95. The summed E-state index contributed by atoms with van der Waals surface area (Å²) in [5, 5.41) is 1.05. The van der Waals surface area contributed by atoms with E-state index in [1.54, 1.807) is 0 Å². The van der Waals surface area contributed by atoms with E-state index < -0.39 is 0 Å². The molecular formula is C11H15N5S. The van der Waals surface area contributed by atoms with Crippen LogP contribution in [0.2, 0.25) is 0 Å². The molecule has 0 radical (unpaired) electrons. The molecule has 0 saturated carbocycles. The second-order valence-electron chi connectivity index (χ2n) is 4.25. The van der Waals surface area contributed by atoms with Crippen molar-refractivity contribution >= 4 is 16.7 Å². The molecule has 1 N–H and O–H groups in total. The van der Waals surface area contributed by atoms with Crippen molar-refractivity contribution in [3.8, 4) is 0 Å². The van der Waals surface area contributed by atoms with E-state index in [0.717, 1.165) is 42.7 Å². The molecule has 3 heterocycles. The number of nitrogens with zero attached hydrogens (tertiary/aromatic N) is 4. The van der Waals surface area contributed by atoms with Crippen LogP contribution in [0.3, 0.4) is 0 Å². The predicted molar refractivity (Wildman–Crippen MR) is 67.4 cm³/mol. The van der Waals surface area contributed by atoms with Gasteiger partial charge in [0.1, 0.15) is 11.6 Å². The Balaban J connectivity index is 1.71. The molecule has 1 atom stereocenters. The van der Waals surface area contributed by atoms with Crippen molar-refractivity contribution in [1.82, 2.24) is 19.3 Å². The molecule has 1 saturated heterocycles. The van der Waals surface area contributed by atoms with Crippen molar-refractivity contribution in [1.29, 1.82) is 0 Å². The van der Waals surface area contributed by atoms with E-state index in [1.807, 2.05) is 12.4 Å². The van der Waals surface area contributed by atoms with Gasteiger partial charge in [-0.15, -0.1) is 0 Å². The van der Waals surface area contributed by atoms with Crippen LogP contribution in [-0.2, 0) is 6.42 Å². The molecular weight excluding hydrogens is 234 g/mol. The second-order valence-corrected chi connectivity index (χ2v) is 4.98. The highest BCUT2D eigenvalue weighted by atomic mass is 32.1. The molecule has 0 aliphatic carbocycles. The highest BCUT2D eigenvalue weighted by Gasteiger charge is 2.27. The average molecular weight is 249 g/mol. The molecule has 90 valence electrons. The number of imidazole rings is 1.